The normalized spacial score (nSPS) is 32.1. The van der Waals surface area contributed by atoms with Gasteiger partial charge in [-0.1, -0.05) is 32.4 Å². The third-order valence-electron chi connectivity index (χ3n) is 4.53. The van der Waals surface area contributed by atoms with Gasteiger partial charge in [-0.05, 0) is 68.9 Å². The number of hydrogen-bond donors (Lipinski definition) is 1. The van der Waals surface area contributed by atoms with Crippen LogP contribution in [0.2, 0.25) is 0 Å². The molecule has 2 saturated carbocycles. The average Bonchev–Trinajstić information content (AvgIpc) is 2.89. The summed E-state index contributed by atoms with van der Waals surface area (Å²) in [6, 6.07) is 0. The minimum Gasteiger partial charge on any atom is -0.316 e. The zero-order valence-corrected chi connectivity index (χ0v) is 11.6. The van der Waals surface area contributed by atoms with E-state index in [1.165, 1.54) is 32.1 Å². The van der Waals surface area contributed by atoms with Crippen LogP contribution in [-0.2, 0) is 0 Å². The van der Waals surface area contributed by atoms with Crippen LogP contribution in [0.1, 0.15) is 52.4 Å². The highest BCUT2D eigenvalue weighted by molar-refractivity contribution is 4.94. The van der Waals surface area contributed by atoms with E-state index in [9.17, 15) is 0 Å². The molecule has 2 bridgehead atoms. The summed E-state index contributed by atoms with van der Waals surface area (Å²) in [6.07, 6.45) is 13.5. The lowest BCUT2D eigenvalue weighted by Crippen LogP contribution is -2.20. The summed E-state index contributed by atoms with van der Waals surface area (Å²) in [4.78, 5) is 0. The second-order valence-corrected chi connectivity index (χ2v) is 6.53. The van der Waals surface area contributed by atoms with Crippen molar-refractivity contribution in [1.82, 2.24) is 5.32 Å². The van der Waals surface area contributed by atoms with Crippen LogP contribution in [0.3, 0.4) is 0 Å². The maximum absolute atomic E-state index is 3.49. The van der Waals surface area contributed by atoms with E-state index in [4.69, 9.17) is 0 Å². The highest BCUT2D eigenvalue weighted by Gasteiger charge is 2.38. The first-order chi connectivity index (χ1) is 8.25. The molecule has 0 aliphatic heterocycles. The van der Waals surface area contributed by atoms with Crippen molar-refractivity contribution in [3.8, 4) is 0 Å². The van der Waals surface area contributed by atoms with Crippen LogP contribution in [0.4, 0.5) is 0 Å². The Kier molecular flexibility index (Phi) is 5.09. The zero-order valence-electron chi connectivity index (χ0n) is 11.6. The van der Waals surface area contributed by atoms with Gasteiger partial charge in [-0.3, -0.25) is 0 Å². The summed E-state index contributed by atoms with van der Waals surface area (Å²) in [5, 5.41) is 3.49. The molecule has 0 aromatic rings. The van der Waals surface area contributed by atoms with Crippen molar-refractivity contribution in [3.05, 3.63) is 12.2 Å². The molecular formula is C16H29N. The van der Waals surface area contributed by atoms with E-state index in [1.807, 2.05) is 0 Å². The van der Waals surface area contributed by atoms with E-state index >= 15 is 0 Å². The number of hydrogen-bond acceptors (Lipinski definition) is 1. The summed E-state index contributed by atoms with van der Waals surface area (Å²) in [7, 11) is 0. The van der Waals surface area contributed by atoms with Crippen LogP contribution in [0, 0.1) is 23.7 Å². The molecule has 0 saturated heterocycles. The van der Waals surface area contributed by atoms with Gasteiger partial charge in [-0.2, -0.15) is 0 Å². The van der Waals surface area contributed by atoms with Crippen molar-refractivity contribution >= 4 is 0 Å². The topological polar surface area (TPSA) is 12.0 Å². The molecule has 2 aliphatic carbocycles. The lowest BCUT2D eigenvalue weighted by molar-refractivity contribution is 0.336. The predicted molar refractivity (Wildman–Crippen MR) is 75.0 cm³/mol. The Morgan fingerprint density at radius 1 is 1.18 bits per heavy atom. The van der Waals surface area contributed by atoms with Crippen molar-refractivity contribution in [2.45, 2.75) is 52.4 Å². The molecule has 2 aliphatic rings. The molecule has 3 unspecified atom stereocenters. The fourth-order valence-electron chi connectivity index (χ4n) is 3.63. The lowest BCUT2D eigenvalue weighted by atomic mass is 9.86. The van der Waals surface area contributed by atoms with Crippen molar-refractivity contribution < 1.29 is 0 Å². The Morgan fingerprint density at radius 2 is 2.06 bits per heavy atom. The number of nitrogens with one attached hydrogen (secondary N) is 1. The van der Waals surface area contributed by atoms with Crippen molar-refractivity contribution in [3.63, 3.8) is 0 Å². The molecule has 98 valence electrons. The van der Waals surface area contributed by atoms with E-state index in [0.29, 0.717) is 0 Å². The van der Waals surface area contributed by atoms with E-state index in [2.05, 4.69) is 31.3 Å². The van der Waals surface area contributed by atoms with Crippen molar-refractivity contribution in [2.24, 2.45) is 23.7 Å². The smallest absolute Gasteiger partial charge is 0.00142 e. The summed E-state index contributed by atoms with van der Waals surface area (Å²) < 4.78 is 0. The van der Waals surface area contributed by atoms with Gasteiger partial charge in [0.1, 0.15) is 0 Å². The lowest BCUT2D eigenvalue weighted by Gasteiger charge is -2.19. The minimum atomic E-state index is 0.771. The van der Waals surface area contributed by atoms with E-state index in [0.717, 1.165) is 36.8 Å². The van der Waals surface area contributed by atoms with Crippen LogP contribution in [0.25, 0.3) is 0 Å². The fourth-order valence-corrected chi connectivity index (χ4v) is 3.63. The summed E-state index contributed by atoms with van der Waals surface area (Å²) in [5.74, 6) is 4.00. The SMILES string of the molecule is CC(C)CNCCC=CCC1CC2CCC1C2. The molecule has 3 atom stereocenters. The van der Waals surface area contributed by atoms with Gasteiger partial charge in [-0.15, -0.1) is 0 Å². The molecule has 2 rings (SSSR count). The predicted octanol–water partition coefficient (Wildman–Crippen LogP) is 4.00. The Morgan fingerprint density at radius 3 is 2.71 bits per heavy atom. The van der Waals surface area contributed by atoms with E-state index < -0.39 is 0 Å². The number of allylic oxidation sites excluding steroid dienone is 1. The van der Waals surface area contributed by atoms with Gasteiger partial charge >= 0.3 is 0 Å². The Bertz CT molecular complexity index is 244. The third kappa shape index (κ3) is 4.13. The first-order valence-corrected chi connectivity index (χ1v) is 7.61. The van der Waals surface area contributed by atoms with Gasteiger partial charge in [-0.25, -0.2) is 0 Å². The molecule has 17 heavy (non-hydrogen) atoms. The molecule has 1 nitrogen and oxygen atoms in total. The molecule has 2 fully saturated rings. The Balaban J connectivity index is 1.50. The average molecular weight is 235 g/mol. The third-order valence-corrected chi connectivity index (χ3v) is 4.53. The number of fused-ring (bicyclic) bond motifs is 2. The molecule has 0 radical (unpaired) electrons. The van der Waals surface area contributed by atoms with Crippen LogP contribution >= 0.6 is 0 Å². The van der Waals surface area contributed by atoms with Gasteiger partial charge in [0.15, 0.2) is 0 Å². The summed E-state index contributed by atoms with van der Waals surface area (Å²) in [6.45, 7) is 6.82. The molecular weight excluding hydrogens is 206 g/mol. The molecule has 1 N–H and O–H groups in total. The van der Waals surface area contributed by atoms with E-state index in [-0.39, 0.29) is 0 Å². The first kappa shape index (κ1) is 13.1. The summed E-state index contributed by atoms with van der Waals surface area (Å²) in [5.41, 5.74) is 0. The van der Waals surface area contributed by atoms with Crippen LogP contribution in [0.5, 0.6) is 0 Å². The van der Waals surface area contributed by atoms with Crippen molar-refractivity contribution in [2.75, 3.05) is 13.1 Å². The maximum Gasteiger partial charge on any atom is -0.00142 e. The molecule has 1 heteroatoms. The fraction of sp³-hybridized carbons (Fsp3) is 0.875. The molecule has 0 aromatic heterocycles. The highest BCUT2D eigenvalue weighted by Crippen LogP contribution is 2.49. The van der Waals surface area contributed by atoms with E-state index in [1.54, 1.807) is 6.42 Å². The van der Waals surface area contributed by atoms with Gasteiger partial charge in [0.25, 0.3) is 0 Å². The Hall–Kier alpha value is -0.300. The summed E-state index contributed by atoms with van der Waals surface area (Å²) >= 11 is 0. The molecule has 0 spiro atoms. The van der Waals surface area contributed by atoms with Gasteiger partial charge in [0.05, 0.1) is 0 Å². The zero-order chi connectivity index (χ0) is 12.1. The van der Waals surface area contributed by atoms with Crippen LogP contribution in [0.15, 0.2) is 12.2 Å². The largest absolute Gasteiger partial charge is 0.316 e. The number of rotatable bonds is 7. The monoisotopic (exact) mass is 235 g/mol. The van der Waals surface area contributed by atoms with Gasteiger partial charge in [0, 0.05) is 0 Å². The van der Waals surface area contributed by atoms with Gasteiger partial charge in [0.2, 0.25) is 0 Å². The molecule has 0 amide bonds. The quantitative estimate of drug-likeness (QED) is 0.519. The van der Waals surface area contributed by atoms with Crippen molar-refractivity contribution in [1.29, 1.82) is 0 Å². The Labute approximate surface area is 107 Å². The van der Waals surface area contributed by atoms with Gasteiger partial charge < -0.3 is 5.32 Å². The molecule has 0 heterocycles. The second kappa shape index (κ2) is 6.58. The first-order valence-electron chi connectivity index (χ1n) is 7.61. The maximum atomic E-state index is 3.49. The van der Waals surface area contributed by atoms with Crippen LogP contribution in [-0.4, -0.2) is 13.1 Å². The van der Waals surface area contributed by atoms with Crippen LogP contribution < -0.4 is 5.32 Å². The minimum absolute atomic E-state index is 0.771. The standard InChI is InChI=1S/C16H29N/c1-13(2)12-17-9-5-3-4-6-15-10-14-7-8-16(15)11-14/h3-4,13-17H,5-12H2,1-2H3. The highest BCUT2D eigenvalue weighted by atomic mass is 14.8. The second-order valence-electron chi connectivity index (χ2n) is 6.53. The molecule has 0 aromatic carbocycles.